The van der Waals surface area contributed by atoms with E-state index < -0.39 is 0 Å². The lowest BCUT2D eigenvalue weighted by Gasteiger charge is -1.99. The molecule has 3 rings (SSSR count). The molecule has 0 amide bonds. The molecule has 0 aliphatic carbocycles. The van der Waals surface area contributed by atoms with Gasteiger partial charge in [-0.2, -0.15) is 4.98 Å². The van der Waals surface area contributed by atoms with Gasteiger partial charge in [-0.25, -0.2) is 0 Å². The molecule has 2 aromatic heterocycles. The van der Waals surface area contributed by atoms with Gasteiger partial charge in [0.25, 0.3) is 11.6 Å². The van der Waals surface area contributed by atoms with Crippen molar-refractivity contribution in [3.05, 3.63) is 19.6 Å². The molecule has 0 spiro atoms. The summed E-state index contributed by atoms with van der Waals surface area (Å²) in [6.45, 7) is 2.96. The van der Waals surface area contributed by atoms with Gasteiger partial charge in [0.1, 0.15) is 16.5 Å². The lowest BCUT2D eigenvalue weighted by atomic mass is 10.3. The minimum Gasteiger partial charge on any atom is -0.463 e. The van der Waals surface area contributed by atoms with E-state index in [0.717, 1.165) is 4.88 Å². The molecule has 15 heavy (non-hydrogen) atoms. The lowest BCUT2D eigenvalue weighted by Crippen LogP contribution is -2.18. The molecule has 0 unspecified atom stereocenters. The molecule has 1 aliphatic heterocycles. The summed E-state index contributed by atoms with van der Waals surface area (Å²) in [6.07, 6.45) is 0. The number of ether oxygens (including phenoxy) is 1. The Morgan fingerprint density at radius 2 is 2.40 bits per heavy atom. The minimum atomic E-state index is -0.0480. The Hall–Kier alpha value is -1.07. The summed E-state index contributed by atoms with van der Waals surface area (Å²) < 4.78 is 7.36. The van der Waals surface area contributed by atoms with Crippen LogP contribution in [0, 0.1) is 6.92 Å². The van der Waals surface area contributed by atoms with Crippen LogP contribution in [0.2, 0.25) is 4.34 Å². The van der Waals surface area contributed by atoms with Gasteiger partial charge in [-0.15, -0.1) is 11.3 Å². The van der Waals surface area contributed by atoms with Gasteiger partial charge < -0.3 is 4.74 Å². The topological polar surface area (TPSA) is 44.1 Å². The van der Waals surface area contributed by atoms with Crippen LogP contribution in [0.4, 0.5) is 0 Å². The number of nitrogens with zero attached hydrogens (tertiary/aromatic N) is 2. The van der Waals surface area contributed by atoms with Crippen molar-refractivity contribution in [1.29, 1.82) is 0 Å². The Bertz CT molecular complexity index is 617. The van der Waals surface area contributed by atoms with E-state index in [2.05, 4.69) is 4.98 Å². The van der Waals surface area contributed by atoms with Crippen LogP contribution in [0.25, 0.3) is 10.9 Å². The van der Waals surface area contributed by atoms with Gasteiger partial charge in [-0.1, -0.05) is 11.6 Å². The van der Waals surface area contributed by atoms with Crippen LogP contribution < -0.4 is 10.3 Å². The molecule has 3 heterocycles. The summed E-state index contributed by atoms with van der Waals surface area (Å²) in [6, 6.07) is 0.382. The normalized spacial score (nSPS) is 14.3. The molecule has 0 atom stereocenters. The van der Waals surface area contributed by atoms with Gasteiger partial charge >= 0.3 is 0 Å². The van der Waals surface area contributed by atoms with Crippen LogP contribution in [0.5, 0.6) is 6.01 Å². The molecule has 0 aromatic carbocycles. The predicted molar refractivity (Wildman–Crippen MR) is 59.1 cm³/mol. The van der Waals surface area contributed by atoms with E-state index in [0.29, 0.717) is 34.4 Å². The van der Waals surface area contributed by atoms with Crippen molar-refractivity contribution in [2.45, 2.75) is 13.5 Å². The fourth-order valence-electron chi connectivity index (χ4n) is 1.76. The number of halogens is 1. The van der Waals surface area contributed by atoms with E-state index in [1.54, 1.807) is 4.57 Å². The zero-order valence-corrected chi connectivity index (χ0v) is 9.48. The van der Waals surface area contributed by atoms with Crippen LogP contribution in [0.15, 0.2) is 4.79 Å². The average molecular weight is 243 g/mol. The number of aromatic nitrogens is 2. The third-order valence-corrected chi connectivity index (χ3v) is 3.75. The maximum absolute atomic E-state index is 12.0. The Balaban J connectivity index is 2.54. The molecule has 0 radical (unpaired) electrons. The molecule has 0 fully saturated rings. The second kappa shape index (κ2) is 2.96. The summed E-state index contributed by atoms with van der Waals surface area (Å²) >= 11 is 7.39. The molecule has 4 nitrogen and oxygen atoms in total. The van der Waals surface area contributed by atoms with Crippen molar-refractivity contribution in [2.24, 2.45) is 0 Å². The van der Waals surface area contributed by atoms with Crippen LogP contribution in [0.3, 0.4) is 0 Å². The molecule has 6 heteroatoms. The molecule has 0 saturated carbocycles. The fraction of sp³-hybridized carbons (Fsp3) is 0.333. The summed E-state index contributed by atoms with van der Waals surface area (Å²) in [5.74, 6) is 0. The van der Waals surface area contributed by atoms with Gasteiger partial charge in [0.15, 0.2) is 0 Å². The first-order valence-corrected chi connectivity index (χ1v) is 5.70. The monoisotopic (exact) mass is 242 g/mol. The van der Waals surface area contributed by atoms with Crippen LogP contribution in [-0.4, -0.2) is 16.2 Å². The molecular formula is C9H7ClN2O2S. The summed E-state index contributed by atoms with van der Waals surface area (Å²) in [5.41, 5.74) is 0.519. The SMILES string of the molecule is Cc1sc(Cl)c2nc3n(c(=O)c12)CCO3. The van der Waals surface area contributed by atoms with E-state index in [4.69, 9.17) is 16.3 Å². The van der Waals surface area contributed by atoms with E-state index in [1.807, 2.05) is 6.92 Å². The average Bonchev–Trinajstić information content (AvgIpc) is 2.73. The highest BCUT2D eigenvalue weighted by Crippen LogP contribution is 2.32. The maximum Gasteiger partial charge on any atom is 0.300 e. The first-order chi connectivity index (χ1) is 7.18. The van der Waals surface area contributed by atoms with Gasteiger partial charge in [0.2, 0.25) is 0 Å². The maximum atomic E-state index is 12.0. The molecule has 0 bridgehead atoms. The van der Waals surface area contributed by atoms with E-state index >= 15 is 0 Å². The first-order valence-electron chi connectivity index (χ1n) is 4.50. The number of thiophene rings is 1. The van der Waals surface area contributed by atoms with Gasteiger partial charge in [0, 0.05) is 4.88 Å². The van der Waals surface area contributed by atoms with Crippen molar-refractivity contribution in [1.82, 2.24) is 9.55 Å². The second-order valence-electron chi connectivity index (χ2n) is 3.36. The standard InChI is InChI=1S/C9H7ClN2O2S/c1-4-5-6(7(10)15-4)11-9-12(8(5)13)2-3-14-9/h2-3H2,1H3. The Morgan fingerprint density at radius 1 is 1.60 bits per heavy atom. The Labute approximate surface area is 94.1 Å². The first kappa shape index (κ1) is 9.18. The third kappa shape index (κ3) is 1.13. The Kier molecular flexibility index (Phi) is 1.81. The van der Waals surface area contributed by atoms with Crippen molar-refractivity contribution in [3.63, 3.8) is 0 Å². The van der Waals surface area contributed by atoms with Crippen molar-refractivity contribution >= 4 is 33.8 Å². The highest BCUT2D eigenvalue weighted by Gasteiger charge is 2.21. The van der Waals surface area contributed by atoms with E-state index in [9.17, 15) is 4.79 Å². The Morgan fingerprint density at radius 3 is 3.20 bits per heavy atom. The van der Waals surface area contributed by atoms with Crippen LogP contribution in [0.1, 0.15) is 4.88 Å². The quantitative estimate of drug-likeness (QED) is 0.708. The zero-order chi connectivity index (χ0) is 10.6. The number of fused-ring (bicyclic) bond motifs is 2. The minimum absolute atomic E-state index is 0.0480. The summed E-state index contributed by atoms with van der Waals surface area (Å²) in [7, 11) is 0. The largest absolute Gasteiger partial charge is 0.463 e. The number of hydrogen-bond donors (Lipinski definition) is 0. The molecular weight excluding hydrogens is 236 g/mol. The summed E-state index contributed by atoms with van der Waals surface area (Å²) in [5, 5.41) is 0.624. The molecule has 78 valence electrons. The van der Waals surface area contributed by atoms with Crippen LogP contribution >= 0.6 is 22.9 Å². The second-order valence-corrected chi connectivity index (χ2v) is 5.18. The van der Waals surface area contributed by atoms with Gasteiger partial charge in [-0.3, -0.25) is 9.36 Å². The molecule has 0 N–H and O–H groups in total. The number of hydrogen-bond acceptors (Lipinski definition) is 4. The lowest BCUT2D eigenvalue weighted by molar-refractivity contribution is 0.345. The van der Waals surface area contributed by atoms with Crippen molar-refractivity contribution in [3.8, 4) is 6.01 Å². The van der Waals surface area contributed by atoms with Gasteiger partial charge in [0.05, 0.1) is 11.9 Å². The zero-order valence-electron chi connectivity index (χ0n) is 7.91. The molecule has 0 saturated heterocycles. The summed E-state index contributed by atoms with van der Waals surface area (Å²) in [4.78, 5) is 17.2. The van der Waals surface area contributed by atoms with E-state index in [-0.39, 0.29) is 5.56 Å². The fourth-order valence-corrected chi connectivity index (χ4v) is 3.05. The van der Waals surface area contributed by atoms with Crippen molar-refractivity contribution in [2.75, 3.05) is 6.61 Å². The highest BCUT2D eigenvalue weighted by atomic mass is 35.5. The molecule has 2 aromatic rings. The van der Waals surface area contributed by atoms with Crippen LogP contribution in [-0.2, 0) is 6.54 Å². The van der Waals surface area contributed by atoms with Crippen molar-refractivity contribution < 1.29 is 4.74 Å². The number of aryl methyl sites for hydroxylation is 1. The number of rotatable bonds is 0. The predicted octanol–water partition coefficient (Wildman–Crippen LogP) is 1.81. The molecule has 1 aliphatic rings. The third-order valence-electron chi connectivity index (χ3n) is 2.46. The smallest absolute Gasteiger partial charge is 0.300 e. The van der Waals surface area contributed by atoms with Gasteiger partial charge in [-0.05, 0) is 6.92 Å². The van der Waals surface area contributed by atoms with E-state index in [1.165, 1.54) is 11.3 Å². The highest BCUT2D eigenvalue weighted by molar-refractivity contribution is 7.18.